The Kier molecular flexibility index (Phi) is 3.79. The first-order valence-electron chi connectivity index (χ1n) is 7.38. The third-order valence-corrected chi connectivity index (χ3v) is 3.96. The molecule has 7 heteroatoms. The van der Waals surface area contributed by atoms with E-state index >= 15 is 0 Å². The number of piperazine rings is 1. The van der Waals surface area contributed by atoms with Crippen molar-refractivity contribution in [3.63, 3.8) is 0 Å². The molecule has 0 aliphatic carbocycles. The van der Waals surface area contributed by atoms with Gasteiger partial charge in [0.05, 0.1) is 11.4 Å². The monoisotopic (exact) mass is 300 g/mol. The normalized spacial score (nSPS) is 15.2. The largest absolute Gasteiger partial charge is 0.352 e. The smallest absolute Gasteiger partial charge is 0.272 e. The maximum absolute atomic E-state index is 12.5. The zero-order valence-electron chi connectivity index (χ0n) is 13.2. The Hall–Kier alpha value is -2.44. The molecule has 7 nitrogen and oxygen atoms in total. The number of hydrogen-bond acceptors (Lipinski definition) is 5. The molecule has 1 aliphatic rings. The van der Waals surface area contributed by atoms with E-state index in [4.69, 9.17) is 0 Å². The van der Waals surface area contributed by atoms with Crippen LogP contribution in [0.5, 0.6) is 0 Å². The summed E-state index contributed by atoms with van der Waals surface area (Å²) in [5.41, 5.74) is 2.46. The molecule has 1 amide bonds. The minimum Gasteiger partial charge on any atom is -0.352 e. The number of anilines is 1. The molecule has 0 spiro atoms. The van der Waals surface area contributed by atoms with Crippen molar-refractivity contribution in [3.8, 4) is 0 Å². The first kappa shape index (κ1) is 14.5. The highest BCUT2D eigenvalue weighted by Gasteiger charge is 2.25. The van der Waals surface area contributed by atoms with Crippen LogP contribution in [0.4, 0.5) is 5.82 Å². The molecule has 0 bridgehead atoms. The molecule has 0 atom stereocenters. The van der Waals surface area contributed by atoms with Crippen molar-refractivity contribution in [3.05, 3.63) is 35.5 Å². The van der Waals surface area contributed by atoms with Crippen LogP contribution in [0.1, 0.15) is 21.9 Å². The number of amides is 1. The lowest BCUT2D eigenvalue weighted by Crippen LogP contribution is -2.49. The Labute approximate surface area is 129 Å². The summed E-state index contributed by atoms with van der Waals surface area (Å²) >= 11 is 0. The van der Waals surface area contributed by atoms with Crippen LogP contribution in [0.3, 0.4) is 0 Å². The molecule has 22 heavy (non-hydrogen) atoms. The zero-order chi connectivity index (χ0) is 15.7. The van der Waals surface area contributed by atoms with Gasteiger partial charge in [0, 0.05) is 45.6 Å². The number of hydrogen-bond donors (Lipinski definition) is 0. The van der Waals surface area contributed by atoms with Crippen LogP contribution < -0.4 is 4.90 Å². The second-order valence-corrected chi connectivity index (χ2v) is 5.54. The van der Waals surface area contributed by atoms with Crippen LogP contribution in [0.15, 0.2) is 18.5 Å². The third kappa shape index (κ3) is 2.66. The van der Waals surface area contributed by atoms with E-state index in [0.29, 0.717) is 18.8 Å². The van der Waals surface area contributed by atoms with Crippen molar-refractivity contribution in [1.82, 2.24) is 24.6 Å². The zero-order valence-corrected chi connectivity index (χ0v) is 13.2. The molecule has 1 aliphatic heterocycles. The lowest BCUT2D eigenvalue weighted by Gasteiger charge is -2.35. The number of aromatic nitrogens is 4. The van der Waals surface area contributed by atoms with Crippen molar-refractivity contribution < 1.29 is 4.79 Å². The van der Waals surface area contributed by atoms with E-state index in [9.17, 15) is 4.79 Å². The van der Waals surface area contributed by atoms with Gasteiger partial charge in [-0.2, -0.15) is 5.10 Å². The van der Waals surface area contributed by atoms with E-state index in [0.717, 1.165) is 30.3 Å². The molecule has 1 fully saturated rings. The Bertz CT molecular complexity index is 687. The number of rotatable bonds is 2. The maximum Gasteiger partial charge on any atom is 0.272 e. The van der Waals surface area contributed by atoms with E-state index < -0.39 is 0 Å². The van der Waals surface area contributed by atoms with E-state index in [1.807, 2.05) is 18.7 Å². The quantitative estimate of drug-likeness (QED) is 0.820. The summed E-state index contributed by atoms with van der Waals surface area (Å²) in [7, 11) is 1.79. The second-order valence-electron chi connectivity index (χ2n) is 5.54. The topological polar surface area (TPSA) is 67.2 Å². The summed E-state index contributed by atoms with van der Waals surface area (Å²) in [4.78, 5) is 25.5. The highest BCUT2D eigenvalue weighted by atomic mass is 16.2. The van der Waals surface area contributed by atoms with Crippen molar-refractivity contribution >= 4 is 11.7 Å². The lowest BCUT2D eigenvalue weighted by atomic mass is 10.2. The first-order valence-corrected chi connectivity index (χ1v) is 7.38. The fraction of sp³-hybridized carbons (Fsp3) is 0.467. The molecule has 116 valence electrons. The van der Waals surface area contributed by atoms with Crippen LogP contribution in [-0.2, 0) is 7.05 Å². The van der Waals surface area contributed by atoms with Gasteiger partial charge in [-0.05, 0) is 19.9 Å². The van der Waals surface area contributed by atoms with Gasteiger partial charge < -0.3 is 9.80 Å². The minimum absolute atomic E-state index is 0.0340. The number of carbonyl (C=O) groups is 1. The summed E-state index contributed by atoms with van der Waals surface area (Å²) in [6.45, 7) is 6.80. The maximum atomic E-state index is 12.5. The third-order valence-electron chi connectivity index (χ3n) is 3.96. The molecular formula is C15H20N6O. The Morgan fingerprint density at radius 1 is 1.18 bits per heavy atom. The highest BCUT2D eigenvalue weighted by Crippen LogP contribution is 2.18. The molecule has 2 aromatic rings. The molecule has 1 saturated heterocycles. The standard InChI is InChI=1S/C15H20N6O/c1-11-10-16-12(2)14(18-11)20-6-8-21(9-7-20)15(22)13-4-5-17-19(13)3/h4-5,10H,6-9H2,1-3H3. The summed E-state index contributed by atoms with van der Waals surface area (Å²) in [6, 6.07) is 1.75. The fourth-order valence-corrected chi connectivity index (χ4v) is 2.69. The van der Waals surface area contributed by atoms with Gasteiger partial charge in [-0.1, -0.05) is 0 Å². The molecule has 0 unspecified atom stereocenters. The Morgan fingerprint density at radius 2 is 1.91 bits per heavy atom. The Balaban J connectivity index is 1.69. The van der Waals surface area contributed by atoms with E-state index in [2.05, 4.69) is 20.0 Å². The minimum atomic E-state index is 0.0340. The first-order chi connectivity index (χ1) is 10.6. The summed E-state index contributed by atoms with van der Waals surface area (Å²) in [6.07, 6.45) is 3.43. The molecular weight excluding hydrogens is 280 g/mol. The molecule has 0 radical (unpaired) electrons. The highest BCUT2D eigenvalue weighted by molar-refractivity contribution is 5.92. The SMILES string of the molecule is Cc1cnc(C)c(N2CCN(C(=O)c3ccnn3C)CC2)n1. The van der Waals surface area contributed by atoms with Gasteiger partial charge in [0.15, 0.2) is 0 Å². The van der Waals surface area contributed by atoms with Gasteiger partial charge in [0.25, 0.3) is 5.91 Å². The number of carbonyl (C=O) groups excluding carboxylic acids is 1. The van der Waals surface area contributed by atoms with E-state index in [-0.39, 0.29) is 5.91 Å². The fourth-order valence-electron chi connectivity index (χ4n) is 2.69. The van der Waals surface area contributed by atoms with Gasteiger partial charge in [0.2, 0.25) is 0 Å². The summed E-state index contributed by atoms with van der Waals surface area (Å²) in [5, 5.41) is 4.06. The lowest BCUT2D eigenvalue weighted by molar-refractivity contribution is 0.0735. The molecule has 3 rings (SSSR count). The number of aryl methyl sites for hydroxylation is 3. The van der Waals surface area contributed by atoms with Crippen LogP contribution >= 0.6 is 0 Å². The summed E-state index contributed by atoms with van der Waals surface area (Å²) in [5.74, 6) is 0.958. The van der Waals surface area contributed by atoms with Crippen LogP contribution in [-0.4, -0.2) is 56.7 Å². The van der Waals surface area contributed by atoms with Gasteiger partial charge in [-0.3, -0.25) is 14.5 Å². The Morgan fingerprint density at radius 3 is 2.55 bits per heavy atom. The van der Waals surface area contributed by atoms with Crippen molar-refractivity contribution in [1.29, 1.82) is 0 Å². The van der Waals surface area contributed by atoms with E-state index in [1.165, 1.54) is 0 Å². The van der Waals surface area contributed by atoms with Crippen LogP contribution in [0, 0.1) is 13.8 Å². The van der Waals surface area contributed by atoms with Gasteiger partial charge in [0.1, 0.15) is 11.5 Å². The second kappa shape index (κ2) is 5.75. The average molecular weight is 300 g/mol. The van der Waals surface area contributed by atoms with Crippen molar-refractivity contribution in [2.24, 2.45) is 7.05 Å². The number of nitrogens with zero attached hydrogens (tertiary/aromatic N) is 6. The molecule has 0 saturated carbocycles. The predicted octanol–water partition coefficient (Wildman–Crippen LogP) is 0.789. The molecule has 0 aromatic carbocycles. The van der Waals surface area contributed by atoms with Crippen molar-refractivity contribution in [2.45, 2.75) is 13.8 Å². The van der Waals surface area contributed by atoms with Crippen LogP contribution in [0.25, 0.3) is 0 Å². The van der Waals surface area contributed by atoms with Gasteiger partial charge in [-0.15, -0.1) is 0 Å². The predicted molar refractivity (Wildman–Crippen MR) is 82.8 cm³/mol. The average Bonchev–Trinajstić information content (AvgIpc) is 2.95. The van der Waals surface area contributed by atoms with Crippen molar-refractivity contribution in [2.75, 3.05) is 31.1 Å². The molecule has 3 heterocycles. The van der Waals surface area contributed by atoms with Crippen LogP contribution in [0.2, 0.25) is 0 Å². The molecule has 0 N–H and O–H groups in total. The molecule has 2 aromatic heterocycles. The van der Waals surface area contributed by atoms with Gasteiger partial charge >= 0.3 is 0 Å². The van der Waals surface area contributed by atoms with Gasteiger partial charge in [-0.25, -0.2) is 4.98 Å². The van der Waals surface area contributed by atoms with E-state index in [1.54, 1.807) is 30.2 Å². The summed E-state index contributed by atoms with van der Waals surface area (Å²) < 4.78 is 1.62.